The van der Waals surface area contributed by atoms with E-state index in [1.807, 2.05) is 41.2 Å². The fourth-order valence-corrected chi connectivity index (χ4v) is 6.17. The number of fused-ring (bicyclic) bond motifs is 3. The molecule has 44 heavy (non-hydrogen) atoms. The van der Waals surface area contributed by atoms with E-state index in [1.165, 1.54) is 22.3 Å². The molecule has 5 nitrogen and oxygen atoms in total. The van der Waals surface area contributed by atoms with E-state index < -0.39 is 0 Å². The molecule has 0 unspecified atom stereocenters. The molecule has 0 aliphatic heterocycles. The zero-order valence-electron chi connectivity index (χ0n) is 25.4. The predicted octanol–water partition coefficient (Wildman–Crippen LogP) is 9.22. The number of aryl methyl sites for hydroxylation is 4. The van der Waals surface area contributed by atoms with E-state index in [9.17, 15) is 0 Å². The fourth-order valence-electron chi connectivity index (χ4n) is 6.17. The van der Waals surface area contributed by atoms with Crippen LogP contribution in [0.15, 0.2) is 91.1 Å². The Morgan fingerprint density at radius 1 is 0.773 bits per heavy atom. The Bertz CT molecular complexity index is 2160. The zero-order valence-corrected chi connectivity index (χ0v) is 27.7. The van der Waals surface area contributed by atoms with Gasteiger partial charge in [0.2, 0.25) is 0 Å². The van der Waals surface area contributed by atoms with E-state index in [0.29, 0.717) is 11.5 Å². The Kier molecular flexibility index (Phi) is 8.00. The molecule has 220 valence electrons. The molecule has 0 amide bonds. The van der Waals surface area contributed by atoms with Crippen LogP contribution in [0.1, 0.15) is 35.0 Å². The van der Waals surface area contributed by atoms with Crippen LogP contribution in [0, 0.1) is 39.8 Å². The second-order valence-electron chi connectivity index (χ2n) is 11.1. The van der Waals surface area contributed by atoms with Crippen LogP contribution in [0.2, 0.25) is 0 Å². The molecule has 0 spiro atoms. The van der Waals surface area contributed by atoms with Gasteiger partial charge in [-0.05, 0) is 85.6 Å². The summed E-state index contributed by atoms with van der Waals surface area (Å²) in [5.41, 5.74) is 11.1. The maximum absolute atomic E-state index is 6.39. The molecule has 7 aromatic rings. The topological polar surface area (TPSA) is 44.9 Å². The summed E-state index contributed by atoms with van der Waals surface area (Å²) < 4.78 is 10.5. The Morgan fingerprint density at radius 3 is 2.39 bits per heavy atom. The third kappa shape index (κ3) is 5.06. The molecule has 0 aliphatic rings. The first kappa shape index (κ1) is 29.6. The molecule has 0 radical (unpaired) electrons. The van der Waals surface area contributed by atoms with Crippen molar-refractivity contribution in [2.45, 2.75) is 41.0 Å². The maximum Gasteiger partial charge on any atom is 2.00 e. The van der Waals surface area contributed by atoms with Gasteiger partial charge in [0.1, 0.15) is 5.82 Å². The van der Waals surface area contributed by atoms with Crippen LogP contribution in [0.25, 0.3) is 44.4 Å². The molecule has 0 fully saturated rings. The summed E-state index contributed by atoms with van der Waals surface area (Å²) >= 11 is 0. The molecular weight excluding hydrogens is 724 g/mol. The maximum atomic E-state index is 6.39. The number of nitrogens with zero attached hydrogens (tertiary/aromatic N) is 4. The smallest absolute Gasteiger partial charge is 0.509 e. The van der Waals surface area contributed by atoms with Crippen LogP contribution in [0.3, 0.4) is 0 Å². The van der Waals surface area contributed by atoms with Crippen molar-refractivity contribution in [1.82, 2.24) is 19.3 Å². The molecule has 0 bridgehead atoms. The molecule has 0 aliphatic carbocycles. The van der Waals surface area contributed by atoms with Gasteiger partial charge >= 0.3 is 21.1 Å². The average molecular weight is 756 g/mol. The quantitative estimate of drug-likeness (QED) is 0.159. The number of aromatic nitrogens is 4. The monoisotopic (exact) mass is 755 g/mol. The van der Waals surface area contributed by atoms with Crippen LogP contribution in [0.4, 0.5) is 0 Å². The molecule has 6 heteroatoms. The van der Waals surface area contributed by atoms with Gasteiger partial charge in [-0.1, -0.05) is 48.8 Å². The van der Waals surface area contributed by atoms with Crippen LogP contribution in [0.5, 0.6) is 11.5 Å². The molecule has 3 heterocycles. The minimum absolute atomic E-state index is 0. The normalized spacial score (nSPS) is 11.2. The second kappa shape index (κ2) is 11.9. The summed E-state index contributed by atoms with van der Waals surface area (Å²) in [5.74, 6) is 2.07. The summed E-state index contributed by atoms with van der Waals surface area (Å²) in [6.07, 6.45) is 2.81. The summed E-state index contributed by atoms with van der Waals surface area (Å²) in [6, 6.07) is 36.0. The summed E-state index contributed by atoms with van der Waals surface area (Å²) in [6.45, 7) is 10.7. The molecule has 4 aromatic carbocycles. The van der Waals surface area contributed by atoms with Gasteiger partial charge in [-0.15, -0.1) is 35.7 Å². The summed E-state index contributed by atoms with van der Waals surface area (Å²) in [5, 5.41) is 7.20. The van der Waals surface area contributed by atoms with E-state index in [4.69, 9.17) is 9.84 Å². The SMILES string of the molecule is CCc1cccc(C)c1-c1c(C)nn(-c2[c-]c(Oc3[c-]c4c(cc3)c3ccccc3n4-c3cc(C)ccn3)ccc2)c1C.[Pt+2]. The van der Waals surface area contributed by atoms with E-state index >= 15 is 0 Å². The Labute approximate surface area is 272 Å². The van der Waals surface area contributed by atoms with Gasteiger partial charge in [0.15, 0.2) is 0 Å². The Morgan fingerprint density at radius 2 is 1.57 bits per heavy atom. The van der Waals surface area contributed by atoms with E-state index in [2.05, 4.69) is 111 Å². The second-order valence-corrected chi connectivity index (χ2v) is 11.1. The molecule has 7 rings (SSSR count). The van der Waals surface area contributed by atoms with Crippen LogP contribution < -0.4 is 4.74 Å². The first-order valence-electron chi connectivity index (χ1n) is 14.7. The molecule has 0 saturated heterocycles. The van der Waals surface area contributed by atoms with Crippen molar-refractivity contribution in [2.75, 3.05) is 0 Å². The van der Waals surface area contributed by atoms with Crippen molar-refractivity contribution >= 4 is 21.8 Å². The summed E-state index contributed by atoms with van der Waals surface area (Å²) in [7, 11) is 0. The van der Waals surface area contributed by atoms with Gasteiger partial charge in [-0.2, -0.15) is 17.2 Å². The molecule has 3 aromatic heterocycles. The van der Waals surface area contributed by atoms with Crippen molar-refractivity contribution in [1.29, 1.82) is 0 Å². The first-order chi connectivity index (χ1) is 20.9. The van der Waals surface area contributed by atoms with Crippen molar-refractivity contribution in [3.8, 4) is 34.1 Å². The molecular formula is C38H32N4OPt. The number of pyridine rings is 1. The van der Waals surface area contributed by atoms with E-state index in [0.717, 1.165) is 56.7 Å². The number of benzene rings is 4. The minimum Gasteiger partial charge on any atom is -0.509 e. The third-order valence-electron chi connectivity index (χ3n) is 8.17. The molecule has 0 atom stereocenters. The predicted molar refractivity (Wildman–Crippen MR) is 174 cm³/mol. The Balaban J connectivity index is 0.00000343. The van der Waals surface area contributed by atoms with E-state index in [1.54, 1.807) is 0 Å². The number of hydrogen-bond donors (Lipinski definition) is 0. The third-order valence-corrected chi connectivity index (χ3v) is 8.17. The largest absolute Gasteiger partial charge is 2.00 e. The standard InChI is InChI=1S/C38H32N4O.Pt/c1-6-28-12-9-11-25(3)37(28)38-26(4)40-42(27(38)5)29-13-10-14-30(22-29)43-31-17-18-33-32-15-7-8-16-34(32)41(35(33)23-31)36-21-24(2)19-20-39-36;/h7-21H,6H2,1-5H3;/q-2;+2. The summed E-state index contributed by atoms with van der Waals surface area (Å²) in [4.78, 5) is 4.68. The minimum atomic E-state index is 0. The number of hydrogen-bond acceptors (Lipinski definition) is 3. The van der Waals surface area contributed by atoms with Gasteiger partial charge in [0, 0.05) is 34.5 Å². The van der Waals surface area contributed by atoms with Gasteiger partial charge in [-0.25, -0.2) is 4.98 Å². The Hall–Kier alpha value is -4.47. The van der Waals surface area contributed by atoms with Crippen molar-refractivity contribution in [3.05, 3.63) is 131 Å². The zero-order chi connectivity index (χ0) is 29.7. The van der Waals surface area contributed by atoms with Crippen molar-refractivity contribution in [2.24, 2.45) is 0 Å². The van der Waals surface area contributed by atoms with E-state index in [-0.39, 0.29) is 21.1 Å². The number of rotatable bonds is 6. The van der Waals surface area contributed by atoms with Gasteiger partial charge in [-0.3, -0.25) is 4.68 Å². The van der Waals surface area contributed by atoms with Gasteiger partial charge < -0.3 is 9.30 Å². The van der Waals surface area contributed by atoms with Gasteiger partial charge in [0.25, 0.3) is 0 Å². The number of para-hydroxylation sites is 1. The number of ether oxygens (including phenoxy) is 1. The molecule has 0 saturated carbocycles. The fraction of sp³-hybridized carbons (Fsp3) is 0.158. The van der Waals surface area contributed by atoms with Crippen LogP contribution >= 0.6 is 0 Å². The van der Waals surface area contributed by atoms with Crippen LogP contribution in [-0.4, -0.2) is 19.3 Å². The van der Waals surface area contributed by atoms with Crippen LogP contribution in [-0.2, 0) is 27.5 Å². The average Bonchev–Trinajstić information content (AvgIpc) is 3.50. The first-order valence-corrected chi connectivity index (χ1v) is 14.7. The van der Waals surface area contributed by atoms with Gasteiger partial charge in [0.05, 0.1) is 5.69 Å². The van der Waals surface area contributed by atoms with Crippen molar-refractivity contribution < 1.29 is 25.8 Å². The van der Waals surface area contributed by atoms with Crippen molar-refractivity contribution in [3.63, 3.8) is 0 Å². The molecule has 0 N–H and O–H groups in total.